The average Bonchev–Trinajstić information content (AvgIpc) is 2.97. The first-order valence-electron chi connectivity index (χ1n) is 12.7. The highest BCUT2D eigenvalue weighted by Crippen LogP contribution is 2.26. The number of ether oxygens (including phenoxy) is 1. The lowest BCUT2D eigenvalue weighted by molar-refractivity contribution is -0.176. The van der Waals surface area contributed by atoms with Crippen molar-refractivity contribution < 1.29 is 37.1 Å². The molecule has 2 fully saturated rings. The fourth-order valence-corrected chi connectivity index (χ4v) is 5.94. The highest BCUT2D eigenvalue weighted by Gasteiger charge is 2.45. The molecule has 0 aliphatic carbocycles. The Bertz CT molecular complexity index is 1270. The molecule has 3 rings (SSSR count). The molecule has 15 heteroatoms. The van der Waals surface area contributed by atoms with Gasteiger partial charge in [0.2, 0.25) is 21.8 Å². The molecule has 1 aromatic rings. The Morgan fingerprint density at radius 3 is 2.38 bits per heavy atom. The van der Waals surface area contributed by atoms with E-state index < -0.39 is 64.2 Å². The number of esters is 1. The predicted molar refractivity (Wildman–Crippen MR) is 146 cm³/mol. The maximum Gasteiger partial charge on any atom is 0.341 e. The number of fused-ring (bicyclic) bond motifs is 1. The Kier molecular flexibility index (Phi) is 10.6. The van der Waals surface area contributed by atoms with Gasteiger partial charge in [-0.15, -0.1) is 0 Å². The van der Waals surface area contributed by atoms with E-state index in [2.05, 4.69) is 10.0 Å². The van der Waals surface area contributed by atoms with Crippen molar-refractivity contribution in [3.63, 3.8) is 0 Å². The fourth-order valence-electron chi connectivity index (χ4n) is 4.65. The highest BCUT2D eigenvalue weighted by molar-refractivity contribution is 7.88. The lowest BCUT2D eigenvalue weighted by Gasteiger charge is -2.43. The van der Waals surface area contributed by atoms with Crippen LogP contribution in [0.3, 0.4) is 0 Å². The van der Waals surface area contributed by atoms with Crippen molar-refractivity contribution in [1.82, 2.24) is 20.1 Å². The van der Waals surface area contributed by atoms with Crippen LogP contribution in [-0.4, -0.2) is 85.4 Å². The van der Waals surface area contributed by atoms with Crippen molar-refractivity contribution in [2.45, 2.75) is 64.1 Å². The average molecular weight is 620 g/mol. The summed E-state index contributed by atoms with van der Waals surface area (Å²) in [6.07, 6.45) is 1.57. The van der Waals surface area contributed by atoms with E-state index in [0.717, 1.165) is 11.3 Å². The van der Waals surface area contributed by atoms with E-state index in [1.54, 1.807) is 6.07 Å². The van der Waals surface area contributed by atoms with Gasteiger partial charge in [-0.25, -0.2) is 22.9 Å². The number of hydrogen-bond donors (Lipinski definition) is 2. The molecule has 0 radical (unpaired) electrons. The number of amides is 3. The van der Waals surface area contributed by atoms with Gasteiger partial charge in [-0.1, -0.05) is 43.1 Å². The van der Waals surface area contributed by atoms with E-state index in [-0.39, 0.29) is 53.8 Å². The molecule has 2 aliphatic heterocycles. The standard InChI is InChI=1S/C25H32Cl2N4O8S/c1-14(2)12-18(20(32)13-39-25(36)22-15(26)6-4-7-16(22)27)28-23(34)19-8-5-11-30-21(33)10-9-17(24(35)31(19)30)29-40(3,37)38/h4,6-7,14,17-19,29H,5,8-13H2,1-3H3,(H,28,34)/t17-,18-,19-/m0/s1. The number of carbonyl (C=O) groups excluding carboxylic acids is 5. The van der Waals surface area contributed by atoms with Gasteiger partial charge in [0.25, 0.3) is 5.91 Å². The van der Waals surface area contributed by atoms with Gasteiger partial charge in [0.1, 0.15) is 12.1 Å². The Balaban J connectivity index is 1.77. The summed E-state index contributed by atoms with van der Waals surface area (Å²) < 4.78 is 31.0. The first kappa shape index (κ1) is 31.8. The second kappa shape index (κ2) is 13.3. The Labute approximate surface area is 242 Å². The summed E-state index contributed by atoms with van der Waals surface area (Å²) in [5.41, 5.74) is -0.0908. The molecule has 0 spiro atoms. The van der Waals surface area contributed by atoms with Gasteiger partial charge in [-0.3, -0.25) is 24.2 Å². The van der Waals surface area contributed by atoms with Gasteiger partial charge in [0, 0.05) is 13.0 Å². The maximum absolute atomic E-state index is 13.5. The van der Waals surface area contributed by atoms with Crippen LogP contribution >= 0.6 is 23.2 Å². The van der Waals surface area contributed by atoms with E-state index in [1.807, 2.05) is 13.8 Å². The number of hydrazine groups is 1. The molecule has 1 aromatic carbocycles. The summed E-state index contributed by atoms with van der Waals surface area (Å²) in [5, 5.41) is 4.95. The molecule has 0 saturated carbocycles. The molecule has 12 nitrogen and oxygen atoms in total. The molecule has 0 aromatic heterocycles. The molecule has 2 N–H and O–H groups in total. The smallest absolute Gasteiger partial charge is 0.341 e. The summed E-state index contributed by atoms with van der Waals surface area (Å²) >= 11 is 12.1. The molecule has 40 heavy (non-hydrogen) atoms. The van der Waals surface area contributed by atoms with Crippen LogP contribution in [0.25, 0.3) is 0 Å². The monoisotopic (exact) mass is 618 g/mol. The zero-order chi connectivity index (χ0) is 29.8. The van der Waals surface area contributed by atoms with Crippen molar-refractivity contribution in [2.75, 3.05) is 19.4 Å². The van der Waals surface area contributed by atoms with E-state index in [1.165, 1.54) is 17.1 Å². The molecule has 2 aliphatic rings. The SMILES string of the molecule is CC(C)C[C@H](NC(=O)[C@@H]1CCCN2C(=O)CC[C@H](NS(C)(=O)=O)C(=O)N12)C(=O)COC(=O)c1c(Cl)cccc1Cl. The normalized spacial score (nSPS) is 20.6. The van der Waals surface area contributed by atoms with Crippen LogP contribution in [0.4, 0.5) is 0 Å². The number of carbonyl (C=O) groups is 5. The van der Waals surface area contributed by atoms with E-state index >= 15 is 0 Å². The van der Waals surface area contributed by atoms with Crippen LogP contribution in [0.5, 0.6) is 0 Å². The van der Waals surface area contributed by atoms with Gasteiger partial charge < -0.3 is 10.1 Å². The van der Waals surface area contributed by atoms with Gasteiger partial charge in [0.05, 0.1) is 27.9 Å². The number of Topliss-reactive ketones (excluding diaryl/α,β-unsaturated/α-hetero) is 1. The predicted octanol–water partition coefficient (Wildman–Crippen LogP) is 1.70. The summed E-state index contributed by atoms with van der Waals surface area (Å²) in [5.74, 6) is -3.38. The number of rotatable bonds is 10. The molecule has 3 atom stereocenters. The summed E-state index contributed by atoms with van der Waals surface area (Å²) in [4.78, 5) is 65.2. The van der Waals surface area contributed by atoms with Crippen LogP contribution < -0.4 is 10.0 Å². The number of halogens is 2. The van der Waals surface area contributed by atoms with Crippen molar-refractivity contribution >= 4 is 62.7 Å². The van der Waals surface area contributed by atoms with Crippen LogP contribution in [0.15, 0.2) is 18.2 Å². The van der Waals surface area contributed by atoms with Crippen LogP contribution in [-0.2, 0) is 33.9 Å². The zero-order valence-electron chi connectivity index (χ0n) is 22.3. The van der Waals surface area contributed by atoms with Crippen LogP contribution in [0.2, 0.25) is 10.0 Å². The first-order chi connectivity index (χ1) is 18.7. The molecule has 2 heterocycles. The summed E-state index contributed by atoms with van der Waals surface area (Å²) in [6, 6.07) is 1.01. The topological polar surface area (TPSA) is 159 Å². The Morgan fingerprint density at radius 1 is 1.12 bits per heavy atom. The van der Waals surface area contributed by atoms with Gasteiger partial charge in [-0.05, 0) is 43.7 Å². The van der Waals surface area contributed by atoms with E-state index in [0.29, 0.717) is 6.42 Å². The van der Waals surface area contributed by atoms with Crippen molar-refractivity contribution in [2.24, 2.45) is 5.92 Å². The molecule has 3 amide bonds. The maximum atomic E-state index is 13.5. The fraction of sp³-hybridized carbons (Fsp3) is 0.560. The molecular formula is C25H32Cl2N4O8S. The van der Waals surface area contributed by atoms with Crippen LogP contribution in [0, 0.1) is 5.92 Å². The lowest BCUT2D eigenvalue weighted by atomic mass is 9.99. The Hall–Kier alpha value is -2.74. The molecule has 220 valence electrons. The van der Waals surface area contributed by atoms with E-state index in [9.17, 15) is 32.4 Å². The Morgan fingerprint density at radius 2 is 1.77 bits per heavy atom. The minimum atomic E-state index is -3.78. The molecule has 2 saturated heterocycles. The number of hydrogen-bond acceptors (Lipinski definition) is 8. The van der Waals surface area contributed by atoms with E-state index in [4.69, 9.17) is 27.9 Å². The second-order valence-corrected chi connectivity index (χ2v) is 12.8. The first-order valence-corrected chi connectivity index (χ1v) is 15.4. The highest BCUT2D eigenvalue weighted by atomic mass is 35.5. The third kappa shape index (κ3) is 7.93. The second-order valence-electron chi connectivity index (χ2n) is 10.2. The molecule has 0 bridgehead atoms. The van der Waals surface area contributed by atoms with Gasteiger partial charge in [-0.2, -0.15) is 0 Å². The molecule has 0 unspecified atom stereocenters. The number of nitrogens with zero attached hydrogens (tertiary/aromatic N) is 2. The van der Waals surface area contributed by atoms with Crippen LogP contribution in [0.1, 0.15) is 56.3 Å². The van der Waals surface area contributed by atoms with Crippen molar-refractivity contribution in [1.29, 1.82) is 0 Å². The van der Waals surface area contributed by atoms with Crippen molar-refractivity contribution in [3.8, 4) is 0 Å². The third-order valence-electron chi connectivity index (χ3n) is 6.45. The summed E-state index contributed by atoms with van der Waals surface area (Å²) in [7, 11) is -3.78. The number of ketones is 1. The number of sulfonamides is 1. The molecular weight excluding hydrogens is 587 g/mol. The summed E-state index contributed by atoms with van der Waals surface area (Å²) in [6.45, 7) is 3.19. The minimum absolute atomic E-state index is 0.0458. The largest absolute Gasteiger partial charge is 0.454 e. The number of benzene rings is 1. The minimum Gasteiger partial charge on any atom is -0.454 e. The van der Waals surface area contributed by atoms with Crippen molar-refractivity contribution in [3.05, 3.63) is 33.8 Å². The van der Waals surface area contributed by atoms with Gasteiger partial charge in [0.15, 0.2) is 12.4 Å². The quantitative estimate of drug-likeness (QED) is 0.375. The zero-order valence-corrected chi connectivity index (χ0v) is 24.6. The van der Waals surface area contributed by atoms with Gasteiger partial charge >= 0.3 is 5.97 Å². The number of nitrogens with one attached hydrogen (secondary N) is 2. The lowest BCUT2D eigenvalue weighted by Crippen LogP contribution is -2.64. The third-order valence-corrected chi connectivity index (χ3v) is 7.79.